The maximum atomic E-state index is 8.99. The van der Waals surface area contributed by atoms with E-state index in [1.165, 1.54) is 0 Å². The summed E-state index contributed by atoms with van der Waals surface area (Å²) in [7, 11) is 0. The predicted molar refractivity (Wildman–Crippen MR) is 98.3 cm³/mol. The third-order valence-electron chi connectivity index (χ3n) is 4.18. The van der Waals surface area contributed by atoms with Crippen molar-refractivity contribution in [3.63, 3.8) is 0 Å². The summed E-state index contributed by atoms with van der Waals surface area (Å²) in [5.41, 5.74) is 8.78. The molecule has 2 aromatic carbocycles. The first-order valence-corrected chi connectivity index (χ1v) is 8.22. The average Bonchev–Trinajstić information content (AvgIpc) is 2.66. The number of rotatable bonds is 4. The van der Waals surface area contributed by atoms with E-state index in [1.807, 2.05) is 37.3 Å². The summed E-state index contributed by atoms with van der Waals surface area (Å²) in [6.07, 6.45) is 0. The van der Waals surface area contributed by atoms with E-state index in [0.29, 0.717) is 24.5 Å². The molecule has 0 aliphatic carbocycles. The van der Waals surface area contributed by atoms with Crippen LogP contribution in [-0.2, 0) is 4.74 Å². The van der Waals surface area contributed by atoms with E-state index in [1.54, 1.807) is 6.07 Å². The van der Waals surface area contributed by atoms with Gasteiger partial charge in [0.15, 0.2) is 11.5 Å². The molecule has 1 aliphatic heterocycles. The molecule has 7 nitrogen and oxygen atoms in total. The molecule has 0 amide bonds. The van der Waals surface area contributed by atoms with Gasteiger partial charge in [-0.25, -0.2) is 0 Å². The molecule has 1 heterocycles. The Kier molecular flexibility index (Phi) is 5.20. The number of aliphatic hydroxyl groups is 1. The van der Waals surface area contributed by atoms with Crippen molar-refractivity contribution < 1.29 is 19.3 Å². The first-order chi connectivity index (χ1) is 12.5. The van der Waals surface area contributed by atoms with E-state index >= 15 is 0 Å². The molecule has 3 rings (SSSR count). The van der Waals surface area contributed by atoms with Crippen LogP contribution in [0.15, 0.2) is 36.4 Å². The van der Waals surface area contributed by atoms with Crippen molar-refractivity contribution in [3.8, 4) is 22.6 Å². The second-order valence-electron chi connectivity index (χ2n) is 5.92. The molecule has 1 atom stereocenters. The minimum atomic E-state index is -0.948. The van der Waals surface area contributed by atoms with Gasteiger partial charge in [-0.2, -0.15) is 0 Å². The molecule has 1 unspecified atom stereocenters. The Morgan fingerprint density at radius 2 is 1.92 bits per heavy atom. The van der Waals surface area contributed by atoms with E-state index < -0.39 is 12.6 Å². The average molecular weight is 355 g/mol. The molecular formula is C19H21N3O4. The fourth-order valence-electron chi connectivity index (χ4n) is 2.73. The van der Waals surface area contributed by atoms with Crippen LogP contribution in [0.4, 0.5) is 0 Å². The third kappa shape index (κ3) is 3.54. The van der Waals surface area contributed by atoms with Gasteiger partial charge in [-0.15, -0.1) is 0 Å². The fraction of sp³-hybridized carbons (Fsp3) is 0.263. The van der Waals surface area contributed by atoms with Crippen molar-refractivity contribution in [1.29, 1.82) is 10.8 Å². The van der Waals surface area contributed by atoms with Crippen molar-refractivity contribution >= 4 is 11.8 Å². The Labute approximate surface area is 151 Å². The highest BCUT2D eigenvalue weighted by Gasteiger charge is 2.18. The van der Waals surface area contributed by atoms with Gasteiger partial charge in [-0.1, -0.05) is 18.2 Å². The molecule has 7 heteroatoms. The number of hydrogen-bond acceptors (Lipinski definition) is 7. The van der Waals surface area contributed by atoms with Crippen LogP contribution in [0.5, 0.6) is 11.5 Å². The Hall–Kier alpha value is -2.90. The van der Waals surface area contributed by atoms with Gasteiger partial charge < -0.3 is 25.1 Å². The predicted octanol–water partition coefficient (Wildman–Crippen LogP) is 2.07. The molecule has 1 aliphatic rings. The summed E-state index contributed by atoms with van der Waals surface area (Å²) in [5, 5.41) is 24.8. The van der Waals surface area contributed by atoms with Gasteiger partial charge in [0, 0.05) is 5.56 Å². The molecule has 0 saturated carbocycles. The van der Waals surface area contributed by atoms with Gasteiger partial charge in [0.25, 0.3) is 0 Å². The van der Waals surface area contributed by atoms with Gasteiger partial charge in [0.05, 0.1) is 6.61 Å². The molecular weight excluding hydrogens is 334 g/mol. The first-order valence-electron chi connectivity index (χ1n) is 8.22. The van der Waals surface area contributed by atoms with Crippen molar-refractivity contribution in [1.82, 2.24) is 0 Å². The van der Waals surface area contributed by atoms with E-state index in [4.69, 9.17) is 35.9 Å². The van der Waals surface area contributed by atoms with E-state index in [0.717, 1.165) is 22.4 Å². The summed E-state index contributed by atoms with van der Waals surface area (Å²) >= 11 is 0. The summed E-state index contributed by atoms with van der Waals surface area (Å²) in [5.74, 6) is 0.884. The van der Waals surface area contributed by atoms with Crippen LogP contribution in [-0.4, -0.2) is 42.8 Å². The quantitative estimate of drug-likeness (QED) is 0.494. The largest absolute Gasteiger partial charge is 0.486 e. The molecule has 2 aromatic rings. The van der Waals surface area contributed by atoms with Crippen LogP contribution in [0.25, 0.3) is 11.1 Å². The Morgan fingerprint density at radius 1 is 1.19 bits per heavy atom. The number of nitrogens with one attached hydrogen (secondary N) is 2. The minimum Gasteiger partial charge on any atom is -0.486 e. The molecule has 5 N–H and O–H groups in total. The lowest BCUT2D eigenvalue weighted by Gasteiger charge is -2.20. The summed E-state index contributed by atoms with van der Waals surface area (Å²) < 4.78 is 16.4. The lowest BCUT2D eigenvalue weighted by Crippen LogP contribution is -2.36. The Balaban J connectivity index is 1.90. The van der Waals surface area contributed by atoms with Gasteiger partial charge in [0.1, 0.15) is 19.3 Å². The molecule has 0 aromatic heterocycles. The van der Waals surface area contributed by atoms with Gasteiger partial charge >= 0.3 is 0 Å². The number of nitrogens with two attached hydrogens (primary N) is 1. The summed E-state index contributed by atoms with van der Waals surface area (Å²) in [4.78, 5) is 0. The third-order valence-corrected chi connectivity index (χ3v) is 4.18. The number of ether oxygens (including phenoxy) is 3. The molecule has 0 fully saturated rings. The summed E-state index contributed by atoms with van der Waals surface area (Å²) in [6, 6.07) is 10.3. The normalized spacial score (nSPS) is 13.8. The zero-order valence-corrected chi connectivity index (χ0v) is 14.4. The van der Waals surface area contributed by atoms with Crippen molar-refractivity contribution in [2.45, 2.75) is 13.0 Å². The SMILES string of the molecule is Cc1c(C(=N)OC(=N)C(N)CO)cccc1-c1ccc2c(c1)OCCO2. The maximum absolute atomic E-state index is 8.99. The fourth-order valence-corrected chi connectivity index (χ4v) is 2.73. The van der Waals surface area contributed by atoms with Crippen molar-refractivity contribution in [3.05, 3.63) is 47.5 Å². The first kappa shape index (κ1) is 17.9. The second-order valence-corrected chi connectivity index (χ2v) is 5.92. The van der Waals surface area contributed by atoms with Gasteiger partial charge in [-0.3, -0.25) is 10.8 Å². The van der Waals surface area contributed by atoms with Crippen molar-refractivity contribution in [2.75, 3.05) is 19.8 Å². The molecule has 136 valence electrons. The Bertz CT molecular complexity index is 851. The highest BCUT2D eigenvalue weighted by atomic mass is 16.6. The number of benzene rings is 2. The maximum Gasteiger partial charge on any atom is 0.221 e. The number of aliphatic hydroxyl groups excluding tert-OH is 1. The lowest BCUT2D eigenvalue weighted by atomic mass is 9.96. The smallest absolute Gasteiger partial charge is 0.221 e. The standard InChI is InChI=1S/C19H21N3O4/c1-11-13(12-5-6-16-17(9-12)25-8-7-24-16)3-2-4-14(11)18(21)26-19(22)15(20)10-23/h2-6,9,15,21-23H,7-8,10,20H2,1H3. The zero-order chi connectivity index (χ0) is 18.7. The minimum absolute atomic E-state index is 0.184. The molecule has 0 spiro atoms. The highest BCUT2D eigenvalue weighted by Crippen LogP contribution is 2.36. The van der Waals surface area contributed by atoms with Crippen LogP contribution in [0.3, 0.4) is 0 Å². The number of fused-ring (bicyclic) bond motifs is 1. The number of hydrogen-bond donors (Lipinski definition) is 4. The van der Waals surface area contributed by atoms with E-state index in [9.17, 15) is 0 Å². The monoisotopic (exact) mass is 355 g/mol. The highest BCUT2D eigenvalue weighted by molar-refractivity contribution is 6.02. The van der Waals surface area contributed by atoms with Crippen LogP contribution in [0.2, 0.25) is 0 Å². The second kappa shape index (κ2) is 7.55. The molecule has 0 radical (unpaired) electrons. The topological polar surface area (TPSA) is 122 Å². The van der Waals surface area contributed by atoms with Crippen LogP contribution < -0.4 is 15.2 Å². The van der Waals surface area contributed by atoms with Crippen LogP contribution in [0, 0.1) is 17.7 Å². The molecule has 0 bridgehead atoms. The lowest BCUT2D eigenvalue weighted by molar-refractivity contribution is 0.171. The van der Waals surface area contributed by atoms with E-state index in [2.05, 4.69) is 0 Å². The van der Waals surface area contributed by atoms with Gasteiger partial charge in [0.2, 0.25) is 11.8 Å². The van der Waals surface area contributed by atoms with Crippen molar-refractivity contribution in [2.24, 2.45) is 5.73 Å². The van der Waals surface area contributed by atoms with Crippen LogP contribution in [0.1, 0.15) is 11.1 Å². The van der Waals surface area contributed by atoms with Crippen LogP contribution >= 0.6 is 0 Å². The van der Waals surface area contributed by atoms with E-state index in [-0.39, 0.29) is 11.8 Å². The zero-order valence-electron chi connectivity index (χ0n) is 14.4. The Morgan fingerprint density at radius 3 is 2.65 bits per heavy atom. The van der Waals surface area contributed by atoms with Gasteiger partial charge in [-0.05, 0) is 41.8 Å². The molecule has 0 saturated heterocycles. The molecule has 26 heavy (non-hydrogen) atoms. The summed E-state index contributed by atoms with van der Waals surface area (Å²) in [6.45, 7) is 2.52.